The zero-order chi connectivity index (χ0) is 17.3. The number of carbonyl (C=O) groups is 2. The second-order valence-electron chi connectivity index (χ2n) is 5.51. The van der Waals surface area contributed by atoms with Gasteiger partial charge in [-0.15, -0.1) is 6.58 Å². The van der Waals surface area contributed by atoms with Crippen LogP contribution in [0, 0.1) is 0 Å². The van der Waals surface area contributed by atoms with Crippen molar-refractivity contribution in [3.63, 3.8) is 0 Å². The maximum absolute atomic E-state index is 12.7. The third-order valence-electron chi connectivity index (χ3n) is 4.11. The molecule has 0 saturated carbocycles. The lowest BCUT2D eigenvalue weighted by Gasteiger charge is -2.26. The fraction of sp³-hybridized carbons (Fsp3) is 0.294. The zero-order valence-electron chi connectivity index (χ0n) is 13.6. The maximum atomic E-state index is 12.7. The van der Waals surface area contributed by atoms with Crippen LogP contribution in [0.2, 0.25) is 0 Å². The normalized spacial score (nSPS) is 19.6. The predicted octanol–water partition coefficient (Wildman–Crippen LogP) is 1.34. The predicted molar refractivity (Wildman–Crippen MR) is 87.8 cm³/mol. The molecule has 0 radical (unpaired) electrons. The van der Waals surface area contributed by atoms with Crippen LogP contribution < -0.4 is 20.1 Å². The lowest BCUT2D eigenvalue weighted by molar-refractivity contribution is -0.125. The van der Waals surface area contributed by atoms with E-state index in [4.69, 9.17) is 9.47 Å². The largest absolute Gasteiger partial charge is 0.493 e. The number of hydrogen-bond acceptors (Lipinski definition) is 4. The van der Waals surface area contributed by atoms with E-state index in [2.05, 4.69) is 17.2 Å². The van der Waals surface area contributed by atoms with Gasteiger partial charge in [0.05, 0.1) is 38.1 Å². The monoisotopic (exact) mass is 329 g/mol. The highest BCUT2D eigenvalue weighted by molar-refractivity contribution is 6.01. The number of methoxy groups -OCH3 is 2. The van der Waals surface area contributed by atoms with Crippen LogP contribution in [0.1, 0.15) is 11.6 Å². The van der Waals surface area contributed by atoms with Crippen LogP contribution in [0.25, 0.3) is 0 Å². The maximum Gasteiger partial charge on any atom is 0.319 e. The number of hydrogen-bond donors (Lipinski definition) is 2. The summed E-state index contributed by atoms with van der Waals surface area (Å²) in [6, 6.07) is 4.47. The van der Waals surface area contributed by atoms with Crippen molar-refractivity contribution in [1.82, 2.24) is 15.5 Å². The first-order valence-corrected chi connectivity index (χ1v) is 7.51. The number of amides is 3. The minimum absolute atomic E-state index is 0.114. The first-order valence-electron chi connectivity index (χ1n) is 7.51. The molecule has 7 heteroatoms. The highest BCUT2D eigenvalue weighted by atomic mass is 16.5. The van der Waals surface area contributed by atoms with E-state index in [9.17, 15) is 9.59 Å². The molecule has 24 heavy (non-hydrogen) atoms. The molecule has 1 aromatic rings. The molecule has 126 valence electrons. The van der Waals surface area contributed by atoms with Gasteiger partial charge in [-0.1, -0.05) is 12.1 Å². The summed E-state index contributed by atoms with van der Waals surface area (Å²) in [5.41, 5.74) is 1.93. The van der Waals surface area contributed by atoms with Crippen LogP contribution in [-0.4, -0.2) is 44.1 Å². The second kappa shape index (κ2) is 6.27. The van der Waals surface area contributed by atoms with Gasteiger partial charge >= 0.3 is 6.03 Å². The lowest BCUT2D eigenvalue weighted by Crippen LogP contribution is -2.44. The highest BCUT2D eigenvalue weighted by Gasteiger charge is 2.40. The molecule has 0 bridgehead atoms. The zero-order valence-corrected chi connectivity index (χ0v) is 13.6. The van der Waals surface area contributed by atoms with E-state index in [-0.39, 0.29) is 11.9 Å². The third kappa shape index (κ3) is 2.58. The Morgan fingerprint density at radius 3 is 2.71 bits per heavy atom. The highest BCUT2D eigenvalue weighted by Crippen LogP contribution is 2.36. The lowest BCUT2D eigenvalue weighted by atomic mass is 9.96. The van der Waals surface area contributed by atoms with Crippen molar-refractivity contribution in [2.75, 3.05) is 27.3 Å². The first kappa shape index (κ1) is 15.9. The molecular formula is C17H19N3O4. The van der Waals surface area contributed by atoms with Crippen LogP contribution in [0.15, 0.2) is 42.1 Å². The van der Waals surface area contributed by atoms with E-state index in [1.165, 1.54) is 0 Å². The van der Waals surface area contributed by atoms with Crippen molar-refractivity contribution in [1.29, 1.82) is 0 Å². The molecule has 0 saturated heterocycles. The van der Waals surface area contributed by atoms with Gasteiger partial charge in [0.2, 0.25) is 0 Å². The molecule has 3 rings (SSSR count). The van der Waals surface area contributed by atoms with Crippen molar-refractivity contribution in [2.24, 2.45) is 0 Å². The van der Waals surface area contributed by atoms with Gasteiger partial charge in [-0.25, -0.2) is 4.79 Å². The van der Waals surface area contributed by atoms with E-state index in [0.29, 0.717) is 35.9 Å². The second-order valence-corrected chi connectivity index (χ2v) is 5.51. The Kier molecular flexibility index (Phi) is 4.16. The van der Waals surface area contributed by atoms with E-state index >= 15 is 0 Å². The number of rotatable bonds is 5. The van der Waals surface area contributed by atoms with Crippen molar-refractivity contribution in [3.8, 4) is 11.5 Å². The Morgan fingerprint density at radius 2 is 2.04 bits per heavy atom. The SMILES string of the molecule is C=CCN1CC2=C(C1=O)[C@H](c1ccc(OC)c(OC)c1)NC(=O)N2. The Morgan fingerprint density at radius 1 is 1.29 bits per heavy atom. The summed E-state index contributed by atoms with van der Waals surface area (Å²) in [4.78, 5) is 26.3. The van der Waals surface area contributed by atoms with E-state index in [1.807, 2.05) is 6.07 Å². The standard InChI is InChI=1S/C17H19N3O4/c1-4-7-20-9-11-14(16(20)21)15(19-17(22)18-11)10-5-6-12(23-2)13(8-10)24-3/h4-6,8,15H,1,7,9H2,2-3H3,(H2,18,19,22)/t15-/m0/s1. The summed E-state index contributed by atoms with van der Waals surface area (Å²) >= 11 is 0. The molecule has 0 aromatic heterocycles. The third-order valence-corrected chi connectivity index (χ3v) is 4.11. The van der Waals surface area contributed by atoms with Crippen molar-refractivity contribution >= 4 is 11.9 Å². The number of ether oxygens (including phenoxy) is 2. The van der Waals surface area contributed by atoms with Crippen LogP contribution >= 0.6 is 0 Å². The number of nitrogens with zero attached hydrogens (tertiary/aromatic N) is 1. The smallest absolute Gasteiger partial charge is 0.319 e. The molecule has 2 aliphatic heterocycles. The quantitative estimate of drug-likeness (QED) is 0.799. The summed E-state index contributed by atoms with van der Waals surface area (Å²) in [6.45, 7) is 4.47. The number of benzene rings is 1. The summed E-state index contributed by atoms with van der Waals surface area (Å²) in [7, 11) is 3.10. The molecule has 2 aliphatic rings. The van der Waals surface area contributed by atoms with Gasteiger partial charge < -0.3 is 25.0 Å². The molecule has 1 aromatic carbocycles. The van der Waals surface area contributed by atoms with Crippen LogP contribution in [0.4, 0.5) is 4.79 Å². The molecule has 1 atom stereocenters. The van der Waals surface area contributed by atoms with E-state index < -0.39 is 6.04 Å². The van der Waals surface area contributed by atoms with Crippen molar-refractivity contribution < 1.29 is 19.1 Å². The number of carbonyl (C=O) groups excluding carboxylic acids is 2. The van der Waals surface area contributed by atoms with Gasteiger partial charge in [0.15, 0.2) is 11.5 Å². The molecule has 0 unspecified atom stereocenters. The average Bonchev–Trinajstić information content (AvgIpc) is 2.89. The van der Waals surface area contributed by atoms with Crippen molar-refractivity contribution in [2.45, 2.75) is 6.04 Å². The summed E-state index contributed by atoms with van der Waals surface area (Å²) in [5.74, 6) is 1.01. The first-order chi connectivity index (χ1) is 11.6. The molecule has 0 spiro atoms. The van der Waals surface area contributed by atoms with E-state index in [1.54, 1.807) is 37.3 Å². The number of nitrogens with one attached hydrogen (secondary N) is 2. The Balaban J connectivity index is 2.00. The Labute approximate surface area is 139 Å². The van der Waals surface area contributed by atoms with Gasteiger partial charge in [-0.3, -0.25) is 4.79 Å². The minimum Gasteiger partial charge on any atom is -0.493 e. The van der Waals surface area contributed by atoms with Gasteiger partial charge in [-0.2, -0.15) is 0 Å². The van der Waals surface area contributed by atoms with E-state index in [0.717, 1.165) is 5.56 Å². The minimum atomic E-state index is -0.532. The molecule has 0 aliphatic carbocycles. The molecule has 0 fully saturated rings. The average molecular weight is 329 g/mol. The van der Waals surface area contributed by atoms with Gasteiger partial charge in [0.1, 0.15) is 0 Å². The van der Waals surface area contributed by atoms with Crippen molar-refractivity contribution in [3.05, 3.63) is 47.7 Å². The molecule has 3 amide bonds. The van der Waals surface area contributed by atoms with Crippen LogP contribution in [0.5, 0.6) is 11.5 Å². The Hall–Kier alpha value is -2.96. The molecule has 2 N–H and O–H groups in total. The summed E-state index contributed by atoms with van der Waals surface area (Å²) in [5, 5.41) is 5.53. The Bertz CT molecular complexity index is 741. The molecule has 7 nitrogen and oxygen atoms in total. The summed E-state index contributed by atoms with van der Waals surface area (Å²) < 4.78 is 10.5. The number of urea groups is 1. The van der Waals surface area contributed by atoms with Gasteiger partial charge in [0.25, 0.3) is 5.91 Å². The fourth-order valence-corrected chi connectivity index (χ4v) is 3.01. The van der Waals surface area contributed by atoms with Crippen LogP contribution in [-0.2, 0) is 4.79 Å². The molecule has 2 heterocycles. The van der Waals surface area contributed by atoms with Gasteiger partial charge in [-0.05, 0) is 17.7 Å². The summed E-state index contributed by atoms with van der Waals surface area (Å²) in [6.07, 6.45) is 1.66. The topological polar surface area (TPSA) is 79.9 Å². The van der Waals surface area contributed by atoms with Crippen LogP contribution in [0.3, 0.4) is 0 Å². The van der Waals surface area contributed by atoms with Gasteiger partial charge in [0, 0.05) is 6.54 Å². The fourth-order valence-electron chi connectivity index (χ4n) is 3.01. The molecular weight excluding hydrogens is 310 g/mol.